The van der Waals surface area contributed by atoms with E-state index >= 15 is 0 Å². The van der Waals surface area contributed by atoms with Crippen molar-refractivity contribution in [1.82, 2.24) is 10.3 Å². The molecule has 2 aromatic rings. The Labute approximate surface area is 113 Å². The van der Waals surface area contributed by atoms with Gasteiger partial charge in [0.15, 0.2) is 0 Å². The third-order valence-electron chi connectivity index (χ3n) is 3.14. The van der Waals surface area contributed by atoms with Gasteiger partial charge < -0.3 is 5.32 Å². The highest BCUT2D eigenvalue weighted by Crippen LogP contribution is 2.19. The zero-order valence-corrected chi connectivity index (χ0v) is 11.1. The summed E-state index contributed by atoms with van der Waals surface area (Å²) >= 11 is 0. The molecule has 0 spiro atoms. The summed E-state index contributed by atoms with van der Waals surface area (Å²) in [5, 5.41) is 3.44. The van der Waals surface area contributed by atoms with E-state index in [0.29, 0.717) is 0 Å². The summed E-state index contributed by atoms with van der Waals surface area (Å²) < 4.78 is 13.0. The predicted octanol–water partition coefficient (Wildman–Crippen LogP) is 3.50. The van der Waals surface area contributed by atoms with Crippen LogP contribution in [0.3, 0.4) is 0 Å². The van der Waals surface area contributed by atoms with Gasteiger partial charge in [0.2, 0.25) is 0 Å². The molecule has 0 aliphatic carbocycles. The summed E-state index contributed by atoms with van der Waals surface area (Å²) in [6.45, 7) is 2.97. The lowest BCUT2D eigenvalue weighted by atomic mass is 10.0. The minimum Gasteiger partial charge on any atom is -0.310 e. The molecule has 1 N–H and O–H groups in total. The number of benzene rings is 1. The van der Waals surface area contributed by atoms with Gasteiger partial charge >= 0.3 is 0 Å². The van der Waals surface area contributed by atoms with E-state index in [0.717, 1.165) is 30.6 Å². The molecular formula is C16H19FN2. The van der Waals surface area contributed by atoms with Gasteiger partial charge in [-0.2, -0.15) is 0 Å². The number of halogens is 1. The molecule has 3 heteroatoms. The lowest BCUT2D eigenvalue weighted by molar-refractivity contribution is 0.511. The standard InChI is InChI=1S/C16H19FN2/c1-2-18-16(13-6-8-14(17)9-7-13)11-10-15-5-3-4-12-19-15/h3-9,12,16,18H,2,10-11H2,1H3. The van der Waals surface area contributed by atoms with Crippen LogP contribution in [0.4, 0.5) is 4.39 Å². The Morgan fingerprint density at radius 3 is 2.58 bits per heavy atom. The number of aryl methyl sites for hydroxylation is 1. The lowest BCUT2D eigenvalue weighted by Crippen LogP contribution is -2.21. The van der Waals surface area contributed by atoms with Crippen molar-refractivity contribution >= 4 is 0 Å². The van der Waals surface area contributed by atoms with Gasteiger partial charge in [0.25, 0.3) is 0 Å². The highest BCUT2D eigenvalue weighted by molar-refractivity contribution is 5.20. The first-order valence-electron chi connectivity index (χ1n) is 6.68. The smallest absolute Gasteiger partial charge is 0.123 e. The van der Waals surface area contributed by atoms with E-state index in [-0.39, 0.29) is 11.9 Å². The molecule has 1 unspecified atom stereocenters. The molecule has 0 bridgehead atoms. The first kappa shape index (κ1) is 13.7. The third kappa shape index (κ3) is 4.14. The summed E-state index contributed by atoms with van der Waals surface area (Å²) in [5.41, 5.74) is 2.21. The molecule has 0 saturated carbocycles. The Morgan fingerprint density at radius 1 is 1.16 bits per heavy atom. The topological polar surface area (TPSA) is 24.9 Å². The van der Waals surface area contributed by atoms with Crippen LogP contribution < -0.4 is 5.32 Å². The summed E-state index contributed by atoms with van der Waals surface area (Å²) in [7, 11) is 0. The molecule has 100 valence electrons. The van der Waals surface area contributed by atoms with E-state index in [1.165, 1.54) is 12.1 Å². The van der Waals surface area contributed by atoms with Crippen LogP contribution in [0.15, 0.2) is 48.7 Å². The minimum atomic E-state index is -0.191. The van der Waals surface area contributed by atoms with E-state index in [9.17, 15) is 4.39 Å². The molecule has 1 aromatic carbocycles. The molecule has 0 aliphatic rings. The van der Waals surface area contributed by atoms with Crippen molar-refractivity contribution in [3.8, 4) is 0 Å². The molecule has 1 atom stereocenters. The molecule has 1 aromatic heterocycles. The number of pyridine rings is 1. The fourth-order valence-electron chi connectivity index (χ4n) is 2.17. The fraction of sp³-hybridized carbons (Fsp3) is 0.312. The molecule has 1 heterocycles. The number of nitrogens with zero attached hydrogens (tertiary/aromatic N) is 1. The van der Waals surface area contributed by atoms with Crippen LogP contribution in [-0.4, -0.2) is 11.5 Å². The van der Waals surface area contributed by atoms with Gasteiger partial charge in [-0.05, 0) is 49.2 Å². The largest absolute Gasteiger partial charge is 0.310 e. The summed E-state index contributed by atoms with van der Waals surface area (Å²) in [5.74, 6) is -0.191. The number of aromatic nitrogens is 1. The number of hydrogen-bond acceptors (Lipinski definition) is 2. The van der Waals surface area contributed by atoms with Crippen LogP contribution >= 0.6 is 0 Å². The highest BCUT2D eigenvalue weighted by Gasteiger charge is 2.10. The Balaban J connectivity index is 2.02. The van der Waals surface area contributed by atoms with Gasteiger partial charge in [0, 0.05) is 17.9 Å². The monoisotopic (exact) mass is 258 g/mol. The van der Waals surface area contributed by atoms with E-state index < -0.39 is 0 Å². The van der Waals surface area contributed by atoms with Crippen molar-refractivity contribution in [3.05, 3.63) is 65.7 Å². The van der Waals surface area contributed by atoms with Crippen molar-refractivity contribution in [3.63, 3.8) is 0 Å². The summed E-state index contributed by atoms with van der Waals surface area (Å²) in [6.07, 6.45) is 3.68. The van der Waals surface area contributed by atoms with E-state index in [1.54, 1.807) is 0 Å². The Kier molecular flexibility index (Phi) is 5.04. The number of rotatable bonds is 6. The lowest BCUT2D eigenvalue weighted by Gasteiger charge is -2.18. The first-order chi connectivity index (χ1) is 9.29. The second-order valence-corrected chi connectivity index (χ2v) is 4.52. The van der Waals surface area contributed by atoms with Crippen molar-refractivity contribution < 1.29 is 4.39 Å². The molecule has 2 rings (SSSR count). The maximum absolute atomic E-state index is 13.0. The normalized spacial score (nSPS) is 12.3. The van der Waals surface area contributed by atoms with Crippen molar-refractivity contribution in [2.45, 2.75) is 25.8 Å². The van der Waals surface area contributed by atoms with Gasteiger partial charge in [0.1, 0.15) is 5.82 Å². The van der Waals surface area contributed by atoms with Gasteiger partial charge in [-0.1, -0.05) is 25.1 Å². The predicted molar refractivity (Wildman–Crippen MR) is 75.4 cm³/mol. The van der Waals surface area contributed by atoms with Crippen molar-refractivity contribution in [2.75, 3.05) is 6.54 Å². The summed E-state index contributed by atoms with van der Waals surface area (Å²) in [6, 6.07) is 12.9. The zero-order valence-electron chi connectivity index (χ0n) is 11.1. The molecule has 0 amide bonds. The van der Waals surface area contributed by atoms with Gasteiger partial charge in [-0.3, -0.25) is 4.98 Å². The maximum Gasteiger partial charge on any atom is 0.123 e. The highest BCUT2D eigenvalue weighted by atomic mass is 19.1. The van der Waals surface area contributed by atoms with Crippen molar-refractivity contribution in [1.29, 1.82) is 0 Å². The first-order valence-corrected chi connectivity index (χ1v) is 6.68. The van der Waals surface area contributed by atoms with E-state index in [4.69, 9.17) is 0 Å². The van der Waals surface area contributed by atoms with Crippen molar-refractivity contribution in [2.24, 2.45) is 0 Å². The van der Waals surface area contributed by atoms with E-state index in [2.05, 4.69) is 17.2 Å². The average Bonchev–Trinajstić information content (AvgIpc) is 2.46. The van der Waals surface area contributed by atoms with Crippen LogP contribution in [0, 0.1) is 5.82 Å². The van der Waals surface area contributed by atoms with Crippen LogP contribution in [0.1, 0.15) is 30.6 Å². The van der Waals surface area contributed by atoms with E-state index in [1.807, 2.05) is 36.5 Å². The van der Waals surface area contributed by atoms with Gasteiger partial charge in [-0.25, -0.2) is 4.39 Å². The van der Waals surface area contributed by atoms with Crippen LogP contribution in [0.5, 0.6) is 0 Å². The Morgan fingerprint density at radius 2 is 1.95 bits per heavy atom. The molecule has 0 radical (unpaired) electrons. The Hall–Kier alpha value is -1.74. The summed E-state index contributed by atoms with van der Waals surface area (Å²) in [4.78, 5) is 4.33. The second kappa shape index (κ2) is 7.00. The SMILES string of the molecule is CCNC(CCc1ccccn1)c1ccc(F)cc1. The van der Waals surface area contributed by atoms with Gasteiger partial charge in [-0.15, -0.1) is 0 Å². The van der Waals surface area contributed by atoms with Crippen LogP contribution in [0.25, 0.3) is 0 Å². The third-order valence-corrected chi connectivity index (χ3v) is 3.14. The number of nitrogens with one attached hydrogen (secondary N) is 1. The Bertz CT molecular complexity index is 482. The molecule has 0 aliphatic heterocycles. The minimum absolute atomic E-state index is 0.191. The molecule has 2 nitrogen and oxygen atoms in total. The number of hydrogen-bond donors (Lipinski definition) is 1. The van der Waals surface area contributed by atoms with Gasteiger partial charge in [0.05, 0.1) is 0 Å². The molecular weight excluding hydrogens is 239 g/mol. The maximum atomic E-state index is 13.0. The molecule has 0 saturated heterocycles. The van der Waals surface area contributed by atoms with Crippen LogP contribution in [-0.2, 0) is 6.42 Å². The van der Waals surface area contributed by atoms with Crippen LogP contribution in [0.2, 0.25) is 0 Å². The second-order valence-electron chi connectivity index (χ2n) is 4.52. The molecule has 0 fully saturated rings. The average molecular weight is 258 g/mol. The quantitative estimate of drug-likeness (QED) is 0.857. The molecule has 19 heavy (non-hydrogen) atoms. The fourth-order valence-corrected chi connectivity index (χ4v) is 2.17. The zero-order chi connectivity index (χ0) is 13.5.